The number of nitrogens with two attached hydrogens (primary N) is 1. The van der Waals surface area contributed by atoms with Crippen molar-refractivity contribution in [3.63, 3.8) is 0 Å². The Balaban J connectivity index is 1.56. The lowest BCUT2D eigenvalue weighted by atomic mass is 10.2. The molecule has 1 aliphatic heterocycles. The first kappa shape index (κ1) is 17.4. The van der Waals surface area contributed by atoms with Crippen molar-refractivity contribution in [1.29, 1.82) is 0 Å². The van der Waals surface area contributed by atoms with Crippen molar-refractivity contribution in [3.05, 3.63) is 46.3 Å². The van der Waals surface area contributed by atoms with Gasteiger partial charge in [-0.1, -0.05) is 23.7 Å². The topological polar surface area (TPSA) is 49.6 Å². The molecule has 1 aromatic carbocycles. The van der Waals surface area contributed by atoms with Crippen molar-refractivity contribution in [2.75, 3.05) is 26.2 Å². The monoisotopic (exact) mass is 363 g/mol. The largest absolute Gasteiger partial charge is 0.368 e. The van der Waals surface area contributed by atoms with E-state index in [1.54, 1.807) is 0 Å². The zero-order valence-electron chi connectivity index (χ0n) is 13.7. The average Bonchev–Trinajstić information content (AvgIpc) is 3.04. The molecule has 4 nitrogen and oxygen atoms in total. The maximum atomic E-state index is 11.3. The molecule has 0 bridgehead atoms. The molecule has 0 spiro atoms. The number of nitrogens with zero attached hydrogens (tertiary/aromatic N) is 2. The number of hydrogen-bond donors (Lipinski definition) is 1. The predicted octanol–water partition coefficient (Wildman–Crippen LogP) is 3.06. The van der Waals surface area contributed by atoms with E-state index >= 15 is 0 Å². The fourth-order valence-corrected chi connectivity index (χ4v) is 4.12. The van der Waals surface area contributed by atoms with Crippen molar-refractivity contribution in [1.82, 2.24) is 9.80 Å². The molecule has 1 aliphatic rings. The molecule has 0 radical (unpaired) electrons. The molecule has 0 saturated carbocycles. The van der Waals surface area contributed by atoms with Gasteiger partial charge in [-0.25, -0.2) is 0 Å². The minimum Gasteiger partial charge on any atom is -0.368 e. The van der Waals surface area contributed by atoms with Gasteiger partial charge in [-0.05, 0) is 36.8 Å². The molecule has 1 saturated heterocycles. The van der Waals surface area contributed by atoms with Crippen LogP contribution in [0.25, 0.3) is 10.4 Å². The Hall–Kier alpha value is -1.40. The van der Waals surface area contributed by atoms with Crippen LogP contribution in [0.1, 0.15) is 11.8 Å². The molecular formula is C18H22ClN3OS. The molecule has 2 N–H and O–H groups in total. The van der Waals surface area contributed by atoms with Gasteiger partial charge in [0.05, 0.1) is 6.04 Å². The van der Waals surface area contributed by atoms with Crippen molar-refractivity contribution in [3.8, 4) is 10.4 Å². The lowest BCUT2D eigenvalue weighted by Gasteiger charge is -2.36. The maximum absolute atomic E-state index is 11.3. The zero-order chi connectivity index (χ0) is 17.1. The van der Waals surface area contributed by atoms with Crippen LogP contribution < -0.4 is 5.73 Å². The highest BCUT2D eigenvalue weighted by molar-refractivity contribution is 7.15. The quantitative estimate of drug-likeness (QED) is 0.888. The van der Waals surface area contributed by atoms with Crippen LogP contribution in [0, 0.1) is 0 Å². The third-order valence-corrected chi connectivity index (χ3v) is 5.91. The van der Waals surface area contributed by atoms with E-state index in [-0.39, 0.29) is 11.9 Å². The van der Waals surface area contributed by atoms with Gasteiger partial charge in [-0.2, -0.15) is 0 Å². The smallest absolute Gasteiger partial charge is 0.234 e. The molecule has 0 aliphatic carbocycles. The summed E-state index contributed by atoms with van der Waals surface area (Å²) in [5.74, 6) is -0.241. The number of primary amides is 1. The molecule has 3 rings (SSSR count). The molecule has 128 valence electrons. The highest BCUT2D eigenvalue weighted by atomic mass is 35.5. The Bertz CT molecular complexity index is 693. The van der Waals surface area contributed by atoms with Crippen LogP contribution in [0.15, 0.2) is 36.4 Å². The first-order chi connectivity index (χ1) is 11.5. The number of thiophene rings is 1. The van der Waals surface area contributed by atoms with Gasteiger partial charge in [-0.3, -0.25) is 14.6 Å². The molecular weight excluding hydrogens is 342 g/mol. The van der Waals surface area contributed by atoms with Gasteiger partial charge in [0, 0.05) is 47.5 Å². The second kappa shape index (κ2) is 7.66. The van der Waals surface area contributed by atoms with E-state index in [1.165, 1.54) is 15.3 Å². The van der Waals surface area contributed by atoms with E-state index in [4.69, 9.17) is 17.3 Å². The molecule has 2 heterocycles. The molecule has 2 aromatic rings. The van der Waals surface area contributed by atoms with E-state index in [9.17, 15) is 4.79 Å². The standard InChI is InChI=1S/C18H22ClN3OS/c1-13(18(20)23)22-10-8-21(9-11-22)12-16-6-7-17(24-16)14-2-4-15(19)5-3-14/h2-7,13H,8-12H2,1H3,(H2,20,23)/t13-/m0/s1. The van der Waals surface area contributed by atoms with Crippen molar-refractivity contribution < 1.29 is 4.79 Å². The second-order valence-corrected chi connectivity index (χ2v) is 7.77. The number of benzene rings is 1. The summed E-state index contributed by atoms with van der Waals surface area (Å²) in [5.41, 5.74) is 6.60. The molecule has 0 unspecified atom stereocenters. The minimum atomic E-state index is -0.241. The normalized spacial score (nSPS) is 17.8. The summed E-state index contributed by atoms with van der Waals surface area (Å²) in [6, 6.07) is 12.2. The van der Waals surface area contributed by atoms with Gasteiger partial charge in [0.1, 0.15) is 0 Å². The second-order valence-electron chi connectivity index (χ2n) is 6.16. The van der Waals surface area contributed by atoms with Crippen LogP contribution in [0.5, 0.6) is 0 Å². The summed E-state index contributed by atoms with van der Waals surface area (Å²) in [6.07, 6.45) is 0. The summed E-state index contributed by atoms with van der Waals surface area (Å²) in [6.45, 7) is 6.54. The lowest BCUT2D eigenvalue weighted by Crippen LogP contribution is -2.52. The van der Waals surface area contributed by atoms with E-state index in [0.29, 0.717) is 0 Å². The molecule has 24 heavy (non-hydrogen) atoms. The third-order valence-electron chi connectivity index (χ3n) is 4.54. The van der Waals surface area contributed by atoms with Gasteiger partial charge in [0.2, 0.25) is 5.91 Å². The zero-order valence-corrected chi connectivity index (χ0v) is 15.3. The first-order valence-electron chi connectivity index (χ1n) is 8.13. The van der Waals surface area contributed by atoms with E-state index < -0.39 is 0 Å². The van der Waals surface area contributed by atoms with Gasteiger partial charge in [0.15, 0.2) is 0 Å². The third kappa shape index (κ3) is 4.16. The van der Waals surface area contributed by atoms with E-state index in [2.05, 4.69) is 34.1 Å². The van der Waals surface area contributed by atoms with Gasteiger partial charge < -0.3 is 5.73 Å². The molecule has 6 heteroatoms. The summed E-state index contributed by atoms with van der Waals surface area (Å²) < 4.78 is 0. The van der Waals surface area contributed by atoms with Crippen molar-refractivity contribution in [2.45, 2.75) is 19.5 Å². The van der Waals surface area contributed by atoms with E-state index in [0.717, 1.165) is 37.7 Å². The SMILES string of the molecule is C[C@@H](C(N)=O)N1CCN(Cc2ccc(-c3ccc(Cl)cc3)s2)CC1. The Kier molecular flexibility index (Phi) is 5.56. The fourth-order valence-electron chi connectivity index (χ4n) is 2.94. The number of rotatable bonds is 5. The Morgan fingerprint density at radius 1 is 1.17 bits per heavy atom. The number of hydrogen-bond acceptors (Lipinski definition) is 4. The van der Waals surface area contributed by atoms with Gasteiger partial charge >= 0.3 is 0 Å². The summed E-state index contributed by atoms with van der Waals surface area (Å²) >= 11 is 7.78. The summed E-state index contributed by atoms with van der Waals surface area (Å²) in [4.78, 5) is 18.5. The molecule has 1 aromatic heterocycles. The van der Waals surface area contributed by atoms with E-state index in [1.807, 2.05) is 30.4 Å². The molecule has 1 amide bonds. The minimum absolute atomic E-state index is 0.176. The summed E-state index contributed by atoms with van der Waals surface area (Å²) in [5, 5.41) is 0.763. The van der Waals surface area contributed by atoms with Crippen molar-refractivity contribution >= 4 is 28.8 Å². The number of carbonyl (C=O) groups excluding carboxylic acids is 1. The van der Waals surface area contributed by atoms with Crippen LogP contribution in [0.3, 0.4) is 0 Å². The van der Waals surface area contributed by atoms with Gasteiger partial charge in [-0.15, -0.1) is 11.3 Å². The fraction of sp³-hybridized carbons (Fsp3) is 0.389. The lowest BCUT2D eigenvalue weighted by molar-refractivity contribution is -0.123. The number of amides is 1. The Labute approximate surface area is 151 Å². The van der Waals surface area contributed by atoms with Crippen molar-refractivity contribution in [2.24, 2.45) is 5.73 Å². The molecule has 1 fully saturated rings. The van der Waals surface area contributed by atoms with Crippen LogP contribution in [-0.4, -0.2) is 47.9 Å². The highest BCUT2D eigenvalue weighted by Gasteiger charge is 2.24. The number of halogens is 1. The first-order valence-corrected chi connectivity index (χ1v) is 9.33. The summed E-state index contributed by atoms with van der Waals surface area (Å²) in [7, 11) is 0. The molecule has 1 atom stereocenters. The highest BCUT2D eigenvalue weighted by Crippen LogP contribution is 2.29. The van der Waals surface area contributed by atoms with Crippen LogP contribution in [0.4, 0.5) is 0 Å². The van der Waals surface area contributed by atoms with Crippen LogP contribution >= 0.6 is 22.9 Å². The number of carbonyl (C=O) groups is 1. The van der Waals surface area contributed by atoms with Crippen LogP contribution in [0.2, 0.25) is 5.02 Å². The van der Waals surface area contributed by atoms with Crippen LogP contribution in [-0.2, 0) is 11.3 Å². The maximum Gasteiger partial charge on any atom is 0.234 e. The number of piperazine rings is 1. The average molecular weight is 364 g/mol. The predicted molar refractivity (Wildman–Crippen MR) is 100 cm³/mol. The Morgan fingerprint density at radius 2 is 1.83 bits per heavy atom. The van der Waals surface area contributed by atoms with Gasteiger partial charge in [0.25, 0.3) is 0 Å². The Morgan fingerprint density at radius 3 is 2.46 bits per heavy atom.